The molecule has 1 aromatic heterocycles. The number of carbonyl (C=O) groups is 1. The number of aromatic nitrogens is 2. The lowest BCUT2D eigenvalue weighted by molar-refractivity contribution is -0.0365. The molecule has 4 bridgehead atoms. The summed E-state index contributed by atoms with van der Waals surface area (Å²) in [7, 11) is 0. The van der Waals surface area contributed by atoms with E-state index in [1.54, 1.807) is 13.8 Å². The first-order valence-electron chi connectivity index (χ1n) is 11.5. The molecule has 1 fully saturated rings. The van der Waals surface area contributed by atoms with E-state index in [9.17, 15) is 4.79 Å². The molecule has 8 heteroatoms. The van der Waals surface area contributed by atoms with E-state index in [1.807, 2.05) is 28.9 Å². The fourth-order valence-electron chi connectivity index (χ4n) is 4.54. The van der Waals surface area contributed by atoms with Crippen molar-refractivity contribution < 1.29 is 23.4 Å². The Labute approximate surface area is 191 Å². The van der Waals surface area contributed by atoms with Gasteiger partial charge in [-0.15, -0.1) is 0 Å². The number of hydrogen-bond donors (Lipinski definition) is 1. The molecular weight excluding hydrogens is 425 g/mol. The molecule has 33 heavy (non-hydrogen) atoms. The molecule has 1 saturated heterocycles. The van der Waals surface area contributed by atoms with Crippen molar-refractivity contribution in [3.63, 3.8) is 0 Å². The van der Waals surface area contributed by atoms with Crippen LogP contribution in [0.4, 0.5) is 9.18 Å². The van der Waals surface area contributed by atoms with Crippen LogP contribution in [-0.2, 0) is 9.47 Å². The van der Waals surface area contributed by atoms with Gasteiger partial charge in [-0.25, -0.2) is 13.9 Å². The molecule has 0 radical (unpaired) electrons. The predicted molar refractivity (Wildman–Crippen MR) is 122 cm³/mol. The summed E-state index contributed by atoms with van der Waals surface area (Å²) in [6, 6.07) is 9.20. The van der Waals surface area contributed by atoms with E-state index in [2.05, 4.69) is 5.32 Å². The van der Waals surface area contributed by atoms with Crippen molar-refractivity contribution >= 4 is 17.0 Å². The lowest BCUT2D eigenvalue weighted by Crippen LogP contribution is -2.27. The third-order valence-electron chi connectivity index (χ3n) is 6.35. The van der Waals surface area contributed by atoms with Crippen LogP contribution < -0.4 is 10.1 Å². The number of carbonyl (C=O) groups excluding carboxylic acids is 1. The zero-order valence-corrected chi connectivity index (χ0v) is 18.9. The molecule has 1 N–H and O–H groups in total. The van der Waals surface area contributed by atoms with Crippen LogP contribution in [0, 0.1) is 12.7 Å². The Hall–Kier alpha value is -3.13. The minimum atomic E-state index is -0.619. The summed E-state index contributed by atoms with van der Waals surface area (Å²) in [5.41, 5.74) is 3.25. The largest absolute Gasteiger partial charge is 0.494 e. The molecule has 174 valence electrons. The number of hydrogen-bond acceptors (Lipinski definition) is 5. The van der Waals surface area contributed by atoms with E-state index in [-0.39, 0.29) is 12.0 Å². The Balaban J connectivity index is 1.69. The monoisotopic (exact) mass is 453 g/mol. The van der Waals surface area contributed by atoms with E-state index in [1.165, 1.54) is 6.07 Å². The Morgan fingerprint density at radius 3 is 2.85 bits per heavy atom. The third kappa shape index (κ3) is 4.27. The molecule has 2 aliphatic rings. The number of benzene rings is 2. The van der Waals surface area contributed by atoms with Gasteiger partial charge in [0, 0.05) is 24.1 Å². The van der Waals surface area contributed by atoms with E-state index in [0.717, 1.165) is 30.2 Å². The second-order valence-corrected chi connectivity index (χ2v) is 8.64. The zero-order valence-electron chi connectivity index (χ0n) is 18.9. The van der Waals surface area contributed by atoms with Crippen LogP contribution >= 0.6 is 0 Å². The summed E-state index contributed by atoms with van der Waals surface area (Å²) in [6.45, 7) is 5.00. The number of rotatable bonds is 1. The molecule has 0 aliphatic carbocycles. The summed E-state index contributed by atoms with van der Waals surface area (Å²) in [5.74, 6) is 0.332. The van der Waals surface area contributed by atoms with Gasteiger partial charge in [0.05, 0.1) is 12.1 Å². The van der Waals surface area contributed by atoms with Crippen molar-refractivity contribution in [2.24, 2.45) is 0 Å². The molecule has 3 aromatic rings. The van der Waals surface area contributed by atoms with Gasteiger partial charge >= 0.3 is 6.09 Å². The van der Waals surface area contributed by atoms with Gasteiger partial charge in [-0.05, 0) is 81.0 Å². The van der Waals surface area contributed by atoms with Gasteiger partial charge in [-0.2, -0.15) is 5.10 Å². The normalized spacial score (nSPS) is 21.6. The SMILES string of the molecule is Cc1c(F)cc2cc1C(C)OC(=O)NCCCOc1ccc3c(c1)c-2nn3C1CCCCO1. The van der Waals surface area contributed by atoms with Gasteiger partial charge in [0.2, 0.25) is 0 Å². The molecule has 0 saturated carbocycles. The summed E-state index contributed by atoms with van der Waals surface area (Å²) < 4.78 is 34.4. The van der Waals surface area contributed by atoms with Crippen molar-refractivity contribution in [1.82, 2.24) is 15.1 Å². The van der Waals surface area contributed by atoms with Gasteiger partial charge in [0.1, 0.15) is 23.4 Å². The van der Waals surface area contributed by atoms with E-state index in [4.69, 9.17) is 19.3 Å². The highest BCUT2D eigenvalue weighted by Crippen LogP contribution is 2.37. The first-order chi connectivity index (χ1) is 16.0. The molecule has 3 heterocycles. The average Bonchev–Trinajstić information content (AvgIpc) is 3.19. The molecule has 2 aliphatic heterocycles. The maximum atomic E-state index is 15.0. The van der Waals surface area contributed by atoms with Crippen molar-refractivity contribution in [1.29, 1.82) is 0 Å². The van der Waals surface area contributed by atoms with Gasteiger partial charge in [-0.3, -0.25) is 0 Å². The van der Waals surface area contributed by atoms with Gasteiger partial charge in [0.15, 0.2) is 6.23 Å². The summed E-state index contributed by atoms with van der Waals surface area (Å²) >= 11 is 0. The highest BCUT2D eigenvalue weighted by Gasteiger charge is 2.24. The second kappa shape index (κ2) is 9.02. The van der Waals surface area contributed by atoms with E-state index in [0.29, 0.717) is 54.3 Å². The number of ether oxygens (including phenoxy) is 3. The van der Waals surface area contributed by atoms with E-state index >= 15 is 4.39 Å². The quantitative estimate of drug-likeness (QED) is 0.533. The molecular formula is C25H28FN3O4. The van der Waals surface area contributed by atoms with Crippen LogP contribution in [0.15, 0.2) is 30.3 Å². The maximum absolute atomic E-state index is 15.0. The van der Waals surface area contributed by atoms with Gasteiger partial charge in [-0.1, -0.05) is 0 Å². The number of cyclic esters (lactones) is 1. The molecule has 7 nitrogen and oxygen atoms in total. The number of alkyl carbamates (subject to hydrolysis) is 1. The Bertz CT molecular complexity index is 1190. The standard InChI is InChI=1S/C25H28FN3O4/c1-15-19-12-17(13-21(15)26)24-20-14-18(31-11-5-9-27-25(30)33-16(19)2)7-8-22(20)29(28-24)23-6-3-4-10-32-23/h7-8,12-14,16,23H,3-6,9-11H2,1-2H3,(H,27,30). The smallest absolute Gasteiger partial charge is 0.407 e. The molecule has 5 rings (SSSR count). The highest BCUT2D eigenvalue weighted by atomic mass is 19.1. The number of fused-ring (bicyclic) bond motifs is 4. The van der Waals surface area contributed by atoms with Gasteiger partial charge in [0.25, 0.3) is 0 Å². The molecule has 2 unspecified atom stereocenters. The lowest BCUT2D eigenvalue weighted by Gasteiger charge is -2.23. The zero-order chi connectivity index (χ0) is 22.9. The number of nitrogens with zero attached hydrogens (tertiary/aromatic N) is 2. The molecule has 2 aromatic carbocycles. The van der Waals surface area contributed by atoms with Crippen molar-refractivity contribution in [3.8, 4) is 17.0 Å². The maximum Gasteiger partial charge on any atom is 0.407 e. The Morgan fingerprint density at radius 2 is 2.03 bits per heavy atom. The van der Waals surface area contributed by atoms with Crippen LogP contribution in [0.25, 0.3) is 22.2 Å². The van der Waals surface area contributed by atoms with Crippen molar-refractivity contribution in [3.05, 3.63) is 47.3 Å². The lowest BCUT2D eigenvalue weighted by atomic mass is 9.97. The average molecular weight is 454 g/mol. The van der Waals surface area contributed by atoms with Crippen molar-refractivity contribution in [2.45, 2.75) is 51.9 Å². The summed E-state index contributed by atoms with van der Waals surface area (Å²) in [4.78, 5) is 12.2. The first kappa shape index (κ1) is 21.7. The minimum Gasteiger partial charge on any atom is -0.494 e. The molecule has 2 atom stereocenters. The molecule has 0 spiro atoms. The van der Waals surface area contributed by atoms with Crippen molar-refractivity contribution in [2.75, 3.05) is 19.8 Å². The van der Waals surface area contributed by atoms with Crippen LogP contribution in [-0.4, -0.2) is 35.6 Å². The number of amides is 1. The van der Waals surface area contributed by atoms with Gasteiger partial charge < -0.3 is 19.5 Å². The van der Waals surface area contributed by atoms with Crippen LogP contribution in [0.2, 0.25) is 0 Å². The van der Waals surface area contributed by atoms with Crippen LogP contribution in [0.5, 0.6) is 5.75 Å². The fourth-order valence-corrected chi connectivity index (χ4v) is 4.54. The first-order valence-corrected chi connectivity index (χ1v) is 11.5. The topological polar surface area (TPSA) is 74.6 Å². The summed E-state index contributed by atoms with van der Waals surface area (Å²) in [5, 5.41) is 8.49. The van der Waals surface area contributed by atoms with E-state index < -0.39 is 12.2 Å². The fraction of sp³-hybridized carbons (Fsp3) is 0.440. The Morgan fingerprint density at radius 1 is 1.15 bits per heavy atom. The van der Waals surface area contributed by atoms with Crippen LogP contribution in [0.3, 0.4) is 0 Å². The predicted octanol–water partition coefficient (Wildman–Crippen LogP) is 5.42. The molecule has 1 amide bonds. The summed E-state index contributed by atoms with van der Waals surface area (Å²) in [6.07, 6.45) is 2.30. The number of halogens is 1. The number of nitrogens with one attached hydrogen (secondary N) is 1. The Kier molecular flexibility index (Phi) is 5.93. The second-order valence-electron chi connectivity index (χ2n) is 8.64. The third-order valence-corrected chi connectivity index (χ3v) is 6.35. The van der Waals surface area contributed by atoms with Crippen LogP contribution in [0.1, 0.15) is 56.1 Å². The minimum absolute atomic E-state index is 0.159. The highest BCUT2D eigenvalue weighted by molar-refractivity contribution is 5.94.